The molecule has 0 saturated carbocycles. The highest BCUT2D eigenvalue weighted by atomic mass is 16.7. The quantitative estimate of drug-likeness (QED) is 0.302. The Balaban J connectivity index is 2.14. The average Bonchev–Trinajstić information content (AvgIpc) is 3.06. The summed E-state index contributed by atoms with van der Waals surface area (Å²) in [6.45, 7) is 22.5. The summed E-state index contributed by atoms with van der Waals surface area (Å²) in [4.78, 5) is 30.0. The number of methoxy groups -OCH3 is 1. The highest BCUT2D eigenvalue weighted by Gasteiger charge is 2.52. The zero-order chi connectivity index (χ0) is 38.7. The molecular formula is C39H71NO11. The van der Waals surface area contributed by atoms with Crippen molar-refractivity contribution < 1.29 is 53.3 Å². The lowest BCUT2D eigenvalue weighted by Gasteiger charge is -2.49. The van der Waals surface area contributed by atoms with Gasteiger partial charge in [0.2, 0.25) is 0 Å². The molecule has 0 aromatic rings. The van der Waals surface area contributed by atoms with Crippen molar-refractivity contribution in [1.82, 2.24) is 4.90 Å². The number of nitrogens with zero attached hydrogens (tertiary/aromatic N) is 1. The number of aliphatic hydroxyl groups excluding tert-OH is 2. The first kappa shape index (κ1) is 44.2. The molecule has 3 heterocycles. The summed E-state index contributed by atoms with van der Waals surface area (Å²) in [7, 11) is 3.49. The highest BCUT2D eigenvalue weighted by Crippen LogP contribution is 2.40. The van der Waals surface area contributed by atoms with E-state index in [0.717, 1.165) is 0 Å². The van der Waals surface area contributed by atoms with Gasteiger partial charge in [-0.15, -0.1) is 0 Å². The summed E-state index contributed by atoms with van der Waals surface area (Å²) >= 11 is 0. The average molecular weight is 730 g/mol. The van der Waals surface area contributed by atoms with Gasteiger partial charge >= 0.3 is 5.97 Å². The minimum Gasteiger partial charge on any atom is -0.462 e. The predicted octanol–water partition coefficient (Wildman–Crippen LogP) is 4.48. The monoisotopic (exact) mass is 730 g/mol. The summed E-state index contributed by atoms with van der Waals surface area (Å²) in [5.41, 5.74) is -2.62. The molecule has 0 aromatic carbocycles. The molecule has 12 nitrogen and oxygen atoms in total. The molecule has 3 rings (SSSR count). The molecule has 0 bridgehead atoms. The van der Waals surface area contributed by atoms with Gasteiger partial charge in [-0.05, 0) is 87.1 Å². The zero-order valence-corrected chi connectivity index (χ0v) is 33.8. The fraction of sp³-hybridized carbons (Fsp3) is 0.949. The molecule has 12 heteroatoms. The Morgan fingerprint density at radius 1 is 0.941 bits per heavy atom. The van der Waals surface area contributed by atoms with Crippen molar-refractivity contribution in [3.8, 4) is 0 Å². The number of carbonyl (C=O) groups excluding carboxylic acids is 2. The van der Waals surface area contributed by atoms with E-state index in [1.165, 1.54) is 7.11 Å². The normalized spacial score (nSPS) is 46.9. The van der Waals surface area contributed by atoms with Crippen molar-refractivity contribution in [2.45, 2.75) is 194 Å². The second-order valence-electron chi connectivity index (χ2n) is 17.0. The summed E-state index contributed by atoms with van der Waals surface area (Å²) in [6, 6.07) is -0.127. The van der Waals surface area contributed by atoms with E-state index in [1.54, 1.807) is 27.7 Å². The van der Waals surface area contributed by atoms with Crippen LogP contribution in [0.15, 0.2) is 0 Å². The molecule has 3 aliphatic rings. The molecule has 0 aromatic heterocycles. The second-order valence-corrected chi connectivity index (χ2v) is 17.0. The van der Waals surface area contributed by atoms with Crippen LogP contribution in [0.2, 0.25) is 0 Å². The Morgan fingerprint density at radius 3 is 2.14 bits per heavy atom. The Morgan fingerprint density at radius 2 is 1.57 bits per heavy atom. The first-order valence-corrected chi connectivity index (χ1v) is 19.3. The van der Waals surface area contributed by atoms with E-state index in [4.69, 9.17) is 28.4 Å². The maximum absolute atomic E-state index is 14.1. The van der Waals surface area contributed by atoms with Gasteiger partial charge in [0.15, 0.2) is 12.6 Å². The number of carbonyl (C=O) groups is 2. The third-order valence-electron chi connectivity index (χ3n) is 12.2. The van der Waals surface area contributed by atoms with Crippen molar-refractivity contribution in [1.29, 1.82) is 0 Å². The Kier molecular flexibility index (Phi) is 15.5. The van der Waals surface area contributed by atoms with Gasteiger partial charge in [0.25, 0.3) is 0 Å². The van der Waals surface area contributed by atoms with Gasteiger partial charge in [-0.3, -0.25) is 14.5 Å². The Bertz CT molecular complexity index is 1140. The maximum Gasteiger partial charge on any atom is 0.311 e. The number of hydrogen-bond donors (Lipinski definition) is 3. The minimum atomic E-state index is -1.64. The molecule has 0 amide bonds. The van der Waals surface area contributed by atoms with Gasteiger partial charge in [0.1, 0.15) is 24.1 Å². The lowest BCUT2D eigenvalue weighted by atomic mass is 9.75. The topological polar surface area (TPSA) is 153 Å². The number of ether oxygens (including phenoxy) is 6. The van der Waals surface area contributed by atoms with Crippen LogP contribution in [0.1, 0.15) is 115 Å². The third-order valence-corrected chi connectivity index (χ3v) is 12.2. The summed E-state index contributed by atoms with van der Waals surface area (Å²) in [5.74, 6) is -2.97. The van der Waals surface area contributed by atoms with Crippen LogP contribution in [0.5, 0.6) is 0 Å². The summed E-state index contributed by atoms with van der Waals surface area (Å²) < 4.78 is 37.8. The standard InChI is InChI=1S/C39H71NO11/c1-15-29-21(4)16-22(5)31(41)23(6)18-38(11,45)35(51-37-32(42)28(17-24(7)47-37)40(13)20(2)3)25(8)33(26(9)36(44)49-29)50-30-19-39(12,46-14)34(43)27(10)48-30/h20-30,32-35,37,42-43,45H,15-19H2,1-14H3/t21-,22-,23-,24-,25+,26-,27+,28+,29-,30+,32-,33+,34+,35-,37+,38+,39-/m1/s1. The van der Waals surface area contributed by atoms with E-state index in [-0.39, 0.29) is 48.6 Å². The largest absolute Gasteiger partial charge is 0.462 e. The molecule has 3 N–H and O–H groups in total. The Hall–Kier alpha value is -1.22. The van der Waals surface area contributed by atoms with Crippen molar-refractivity contribution in [2.24, 2.45) is 29.6 Å². The van der Waals surface area contributed by atoms with E-state index < -0.39 is 84.1 Å². The van der Waals surface area contributed by atoms with Crippen molar-refractivity contribution in [2.75, 3.05) is 14.2 Å². The molecule has 17 atom stereocenters. The van der Waals surface area contributed by atoms with Gasteiger partial charge in [-0.25, -0.2) is 0 Å². The number of rotatable bonds is 8. The zero-order valence-electron chi connectivity index (χ0n) is 33.8. The molecule has 51 heavy (non-hydrogen) atoms. The van der Waals surface area contributed by atoms with Crippen LogP contribution in [0.3, 0.4) is 0 Å². The number of aliphatic hydroxyl groups is 3. The van der Waals surface area contributed by atoms with Crippen LogP contribution in [0.25, 0.3) is 0 Å². The lowest BCUT2D eigenvalue weighted by Crippen LogP contribution is -2.61. The summed E-state index contributed by atoms with van der Waals surface area (Å²) in [6.07, 6.45) is -5.37. The first-order chi connectivity index (χ1) is 23.6. The van der Waals surface area contributed by atoms with Crippen LogP contribution >= 0.6 is 0 Å². The van der Waals surface area contributed by atoms with Crippen molar-refractivity contribution >= 4 is 11.8 Å². The van der Waals surface area contributed by atoms with Gasteiger partial charge < -0.3 is 43.7 Å². The van der Waals surface area contributed by atoms with Crippen LogP contribution in [0, 0.1) is 29.6 Å². The fourth-order valence-electron chi connectivity index (χ4n) is 8.69. The minimum absolute atomic E-state index is 0.0103. The van der Waals surface area contributed by atoms with Crippen LogP contribution in [0.4, 0.5) is 0 Å². The third kappa shape index (κ3) is 10.3. The van der Waals surface area contributed by atoms with E-state index in [2.05, 4.69) is 18.7 Å². The van der Waals surface area contributed by atoms with E-state index in [9.17, 15) is 24.9 Å². The summed E-state index contributed by atoms with van der Waals surface area (Å²) in [5, 5.41) is 35.1. The van der Waals surface area contributed by atoms with Gasteiger partial charge in [-0.1, -0.05) is 34.6 Å². The number of esters is 1. The Labute approximate surface area is 307 Å². The molecule has 0 unspecified atom stereocenters. The molecule has 3 saturated heterocycles. The van der Waals surface area contributed by atoms with Gasteiger partial charge in [-0.2, -0.15) is 0 Å². The number of likely N-dealkylation sites (N-methyl/N-ethyl adjacent to an activating group) is 1. The van der Waals surface area contributed by atoms with Crippen LogP contribution < -0.4 is 0 Å². The van der Waals surface area contributed by atoms with Crippen LogP contribution in [-0.4, -0.2) is 125 Å². The lowest BCUT2D eigenvalue weighted by molar-refractivity contribution is -0.318. The molecule has 3 fully saturated rings. The molecule has 0 radical (unpaired) electrons. The van der Waals surface area contributed by atoms with Gasteiger partial charge in [0.05, 0.1) is 41.5 Å². The van der Waals surface area contributed by atoms with E-state index >= 15 is 0 Å². The highest BCUT2D eigenvalue weighted by molar-refractivity contribution is 5.83. The molecule has 0 spiro atoms. The van der Waals surface area contributed by atoms with E-state index in [0.29, 0.717) is 19.3 Å². The van der Waals surface area contributed by atoms with Crippen molar-refractivity contribution in [3.63, 3.8) is 0 Å². The number of hydrogen-bond acceptors (Lipinski definition) is 12. The molecule has 298 valence electrons. The second kappa shape index (κ2) is 17.9. The van der Waals surface area contributed by atoms with E-state index in [1.807, 2.05) is 48.6 Å². The number of cyclic esters (lactones) is 1. The number of ketones is 1. The fourth-order valence-corrected chi connectivity index (χ4v) is 8.69. The first-order valence-electron chi connectivity index (χ1n) is 19.3. The maximum atomic E-state index is 14.1. The SMILES string of the molecule is CC[C@H]1OC(=O)[C@H](C)[C@@H](O[C@H]2C[C@@](C)(OC)[C@@H](O)[C@H](C)O2)[C@H](C)[C@@H](O[C@@H]2O[C@H](C)C[C@H](N(C)C(C)C)[C@H]2O)[C@@](C)(O)C[C@@H](C)C(=O)[C@H](C)C[C@H]1C. The van der Waals surface area contributed by atoms with Crippen molar-refractivity contribution in [3.05, 3.63) is 0 Å². The molecule has 3 aliphatic heterocycles. The smallest absolute Gasteiger partial charge is 0.311 e. The molecule has 0 aliphatic carbocycles. The molecular weight excluding hydrogens is 658 g/mol. The van der Waals surface area contributed by atoms with Crippen LogP contribution in [-0.2, 0) is 38.0 Å². The van der Waals surface area contributed by atoms with Gasteiger partial charge in [0, 0.05) is 43.4 Å². The predicted molar refractivity (Wildman–Crippen MR) is 193 cm³/mol. The number of Topliss-reactive ketones (excluding diaryl/α,β-unsaturated/α-hetero) is 1.